The fourth-order valence-corrected chi connectivity index (χ4v) is 4.12. The molecule has 0 saturated carbocycles. The first-order valence-electron chi connectivity index (χ1n) is 9.08. The topological polar surface area (TPSA) is 79.0 Å². The van der Waals surface area contributed by atoms with E-state index in [1.807, 2.05) is 29.6 Å². The monoisotopic (exact) mass is 390 g/mol. The van der Waals surface area contributed by atoms with Crippen LogP contribution in [0, 0.1) is 0 Å². The van der Waals surface area contributed by atoms with Crippen LogP contribution in [0.2, 0.25) is 0 Å². The highest BCUT2D eigenvalue weighted by Crippen LogP contribution is 2.33. The number of para-hydroxylation sites is 1. The number of rotatable bonds is 5. The number of aromatic amines is 1. The maximum Gasteiger partial charge on any atom is 0.262 e. The van der Waals surface area contributed by atoms with Gasteiger partial charge in [-0.3, -0.25) is 4.79 Å². The maximum atomic E-state index is 11.5. The second-order valence-electron chi connectivity index (χ2n) is 6.62. The van der Waals surface area contributed by atoms with Crippen LogP contribution in [0.3, 0.4) is 0 Å². The third-order valence-corrected chi connectivity index (χ3v) is 5.56. The summed E-state index contributed by atoms with van der Waals surface area (Å²) in [5, 5.41) is 10.4. The van der Waals surface area contributed by atoms with Crippen molar-refractivity contribution < 1.29 is 9.53 Å². The van der Waals surface area contributed by atoms with Crippen molar-refractivity contribution in [3.63, 3.8) is 0 Å². The first kappa shape index (κ1) is 16.8. The lowest BCUT2D eigenvalue weighted by atomic mass is 10.1. The maximum absolute atomic E-state index is 11.5. The van der Waals surface area contributed by atoms with E-state index in [4.69, 9.17) is 4.74 Å². The number of fused-ring (bicyclic) bond motifs is 2. The molecule has 7 heteroatoms. The van der Waals surface area contributed by atoms with Crippen LogP contribution in [0.25, 0.3) is 22.2 Å². The molecule has 0 aliphatic carbocycles. The minimum Gasteiger partial charge on any atom is -0.482 e. The van der Waals surface area contributed by atoms with E-state index in [1.165, 1.54) is 10.9 Å². The van der Waals surface area contributed by atoms with Crippen molar-refractivity contribution >= 4 is 39.0 Å². The summed E-state index contributed by atoms with van der Waals surface area (Å²) in [6.07, 6.45) is 2.99. The minimum atomic E-state index is -0.137. The number of H-pyrrole nitrogens is 1. The summed E-state index contributed by atoms with van der Waals surface area (Å²) in [6.45, 7) is 0.871. The van der Waals surface area contributed by atoms with Gasteiger partial charge in [0, 0.05) is 34.6 Å². The van der Waals surface area contributed by atoms with E-state index in [0.717, 1.165) is 34.9 Å². The van der Waals surface area contributed by atoms with Gasteiger partial charge in [-0.05, 0) is 36.2 Å². The summed E-state index contributed by atoms with van der Waals surface area (Å²) in [7, 11) is 0. The van der Waals surface area contributed by atoms with Crippen molar-refractivity contribution in [3.05, 3.63) is 59.6 Å². The molecule has 0 fully saturated rings. The molecule has 28 heavy (non-hydrogen) atoms. The van der Waals surface area contributed by atoms with Crippen LogP contribution in [0.1, 0.15) is 5.56 Å². The molecule has 0 bridgehead atoms. The van der Waals surface area contributed by atoms with E-state index >= 15 is 0 Å². The van der Waals surface area contributed by atoms with Gasteiger partial charge in [0.1, 0.15) is 5.75 Å². The van der Waals surface area contributed by atoms with Crippen molar-refractivity contribution in [1.82, 2.24) is 9.97 Å². The summed E-state index contributed by atoms with van der Waals surface area (Å²) in [6, 6.07) is 14.1. The van der Waals surface area contributed by atoms with E-state index < -0.39 is 0 Å². The average Bonchev–Trinajstić information content (AvgIpc) is 3.35. The molecule has 0 atom stereocenters. The van der Waals surface area contributed by atoms with Crippen LogP contribution < -0.4 is 15.4 Å². The van der Waals surface area contributed by atoms with Crippen LogP contribution in [-0.2, 0) is 11.2 Å². The molecule has 5 rings (SSSR count). The first-order valence-corrected chi connectivity index (χ1v) is 9.96. The molecule has 3 N–H and O–H groups in total. The van der Waals surface area contributed by atoms with Gasteiger partial charge in [-0.2, -0.15) is 0 Å². The zero-order chi connectivity index (χ0) is 18.9. The zero-order valence-corrected chi connectivity index (χ0v) is 15.8. The molecular formula is C21H18N4O2S. The lowest BCUT2D eigenvalue weighted by molar-refractivity contribution is -0.118. The Bertz CT molecular complexity index is 1160. The van der Waals surface area contributed by atoms with Crippen LogP contribution in [0.4, 0.5) is 10.8 Å². The molecule has 1 amide bonds. The summed E-state index contributed by atoms with van der Waals surface area (Å²) in [5.74, 6) is 0.554. The molecule has 6 nitrogen and oxygen atoms in total. The Kier molecular flexibility index (Phi) is 4.21. The lowest BCUT2D eigenvalue weighted by Gasteiger charge is -2.18. The Labute approximate surface area is 165 Å². The molecule has 140 valence electrons. The van der Waals surface area contributed by atoms with Crippen molar-refractivity contribution in [1.29, 1.82) is 0 Å². The minimum absolute atomic E-state index is 0.0630. The molecule has 3 heterocycles. The highest BCUT2D eigenvalue weighted by atomic mass is 32.1. The zero-order valence-electron chi connectivity index (χ0n) is 15.0. The summed E-state index contributed by atoms with van der Waals surface area (Å²) in [4.78, 5) is 19.5. The van der Waals surface area contributed by atoms with E-state index in [2.05, 4.69) is 45.0 Å². The molecule has 0 radical (unpaired) electrons. The Hall–Kier alpha value is -3.32. The van der Waals surface area contributed by atoms with Crippen molar-refractivity contribution in [2.45, 2.75) is 6.42 Å². The van der Waals surface area contributed by atoms with Crippen LogP contribution in [0.15, 0.2) is 54.0 Å². The van der Waals surface area contributed by atoms with Gasteiger partial charge in [-0.25, -0.2) is 4.98 Å². The fourth-order valence-electron chi connectivity index (χ4n) is 3.37. The number of anilines is 2. The number of thiazole rings is 1. The van der Waals surface area contributed by atoms with Crippen LogP contribution in [-0.4, -0.2) is 29.0 Å². The average molecular weight is 390 g/mol. The second kappa shape index (κ2) is 7.01. The van der Waals surface area contributed by atoms with Crippen molar-refractivity contribution in [2.24, 2.45) is 0 Å². The summed E-state index contributed by atoms with van der Waals surface area (Å²) in [5.41, 5.74) is 4.98. The van der Waals surface area contributed by atoms with Gasteiger partial charge in [0.15, 0.2) is 11.7 Å². The first-order chi connectivity index (χ1) is 13.8. The number of hydrogen-bond donors (Lipinski definition) is 3. The van der Waals surface area contributed by atoms with Gasteiger partial charge in [0.05, 0.1) is 11.4 Å². The quantitative estimate of drug-likeness (QED) is 0.475. The predicted molar refractivity (Wildman–Crippen MR) is 112 cm³/mol. The van der Waals surface area contributed by atoms with Gasteiger partial charge in [-0.1, -0.05) is 18.2 Å². The number of amides is 1. The molecule has 2 aromatic heterocycles. The molecule has 0 spiro atoms. The number of ether oxygens (including phenoxy) is 1. The van der Waals surface area contributed by atoms with Crippen molar-refractivity contribution in [3.8, 4) is 17.0 Å². The normalized spacial score (nSPS) is 13.1. The molecule has 0 unspecified atom stereocenters. The number of carbonyl (C=O) groups is 1. The molecule has 4 aromatic rings. The number of nitrogens with zero attached hydrogens (tertiary/aromatic N) is 1. The number of carbonyl (C=O) groups excluding carboxylic acids is 1. The Morgan fingerprint density at radius 3 is 3.11 bits per heavy atom. The van der Waals surface area contributed by atoms with Gasteiger partial charge >= 0.3 is 0 Å². The smallest absolute Gasteiger partial charge is 0.262 e. The predicted octanol–water partition coefficient (Wildman–Crippen LogP) is 4.28. The van der Waals surface area contributed by atoms with E-state index in [1.54, 1.807) is 11.3 Å². The van der Waals surface area contributed by atoms with Crippen molar-refractivity contribution in [2.75, 3.05) is 23.8 Å². The number of aromatic nitrogens is 2. The van der Waals surface area contributed by atoms with E-state index in [0.29, 0.717) is 11.4 Å². The van der Waals surface area contributed by atoms with Gasteiger partial charge < -0.3 is 20.4 Å². The Morgan fingerprint density at radius 2 is 2.14 bits per heavy atom. The molecule has 1 aliphatic rings. The number of benzene rings is 2. The van der Waals surface area contributed by atoms with Crippen LogP contribution in [0.5, 0.6) is 5.75 Å². The number of hydrogen-bond acceptors (Lipinski definition) is 5. The lowest BCUT2D eigenvalue weighted by Crippen LogP contribution is -2.25. The summed E-state index contributed by atoms with van der Waals surface area (Å²) >= 11 is 1.57. The van der Waals surface area contributed by atoms with E-state index in [9.17, 15) is 4.79 Å². The number of nitrogens with one attached hydrogen (secondary N) is 3. The SMILES string of the molecule is O=C1COc2ccc(-c3csc(NCCc4c[nH]c5ccccc45)n3)cc2N1. The molecular weight excluding hydrogens is 372 g/mol. The van der Waals surface area contributed by atoms with E-state index in [-0.39, 0.29) is 12.5 Å². The third kappa shape index (κ3) is 3.20. The molecule has 0 saturated heterocycles. The van der Waals surface area contributed by atoms with Crippen LogP contribution >= 0.6 is 11.3 Å². The third-order valence-electron chi connectivity index (χ3n) is 4.76. The largest absolute Gasteiger partial charge is 0.482 e. The molecule has 2 aromatic carbocycles. The standard InChI is InChI=1S/C21H18N4O2S/c26-20-11-27-19-6-5-13(9-17(19)24-20)18-12-28-21(25-18)22-8-7-14-10-23-16-4-2-1-3-15(14)16/h1-6,9-10,12,23H,7-8,11H2,(H,22,25)(H,24,26). The van der Waals surface area contributed by atoms with Gasteiger partial charge in [0.25, 0.3) is 5.91 Å². The Morgan fingerprint density at radius 1 is 1.21 bits per heavy atom. The fraction of sp³-hybridized carbons (Fsp3) is 0.143. The highest BCUT2D eigenvalue weighted by molar-refractivity contribution is 7.14. The van der Waals surface area contributed by atoms with Gasteiger partial charge in [-0.15, -0.1) is 11.3 Å². The Balaban J connectivity index is 1.26. The van der Waals surface area contributed by atoms with Gasteiger partial charge in [0.2, 0.25) is 0 Å². The second-order valence-corrected chi connectivity index (χ2v) is 7.48. The summed E-state index contributed by atoms with van der Waals surface area (Å²) < 4.78 is 5.41. The highest BCUT2D eigenvalue weighted by Gasteiger charge is 2.17. The molecule has 1 aliphatic heterocycles.